The van der Waals surface area contributed by atoms with Crippen LogP contribution < -0.4 is 5.32 Å². The SMILES string of the molecule is CC(C)c1cc(C(=O)Nc2cccc(CC(=O)O)c2)no1. The number of aromatic nitrogens is 1. The first-order valence-electron chi connectivity index (χ1n) is 6.54. The Morgan fingerprint density at radius 1 is 1.33 bits per heavy atom. The topological polar surface area (TPSA) is 92.4 Å². The van der Waals surface area contributed by atoms with Crippen molar-refractivity contribution in [2.75, 3.05) is 5.32 Å². The van der Waals surface area contributed by atoms with Crippen molar-refractivity contribution in [1.29, 1.82) is 0 Å². The molecule has 0 fully saturated rings. The molecule has 0 aliphatic heterocycles. The second kappa shape index (κ2) is 6.21. The van der Waals surface area contributed by atoms with E-state index in [1.165, 1.54) is 0 Å². The molecule has 0 saturated heterocycles. The number of carboxylic acid groups (broad SMARTS) is 1. The minimum absolute atomic E-state index is 0.0921. The molecule has 2 N–H and O–H groups in total. The molecule has 0 aliphatic rings. The van der Waals surface area contributed by atoms with E-state index in [4.69, 9.17) is 9.63 Å². The van der Waals surface area contributed by atoms with Gasteiger partial charge in [-0.25, -0.2) is 0 Å². The third-order valence-corrected chi connectivity index (χ3v) is 2.87. The van der Waals surface area contributed by atoms with Crippen LogP contribution in [0.15, 0.2) is 34.9 Å². The van der Waals surface area contributed by atoms with Crippen molar-refractivity contribution in [1.82, 2.24) is 5.16 Å². The molecule has 6 nitrogen and oxygen atoms in total. The molecule has 0 bridgehead atoms. The number of carbonyl (C=O) groups excluding carboxylic acids is 1. The highest BCUT2D eigenvalue weighted by Gasteiger charge is 2.14. The second-order valence-electron chi connectivity index (χ2n) is 4.99. The van der Waals surface area contributed by atoms with Gasteiger partial charge in [0.2, 0.25) is 0 Å². The predicted molar refractivity (Wildman–Crippen MR) is 76.3 cm³/mol. The fraction of sp³-hybridized carbons (Fsp3) is 0.267. The molecule has 0 radical (unpaired) electrons. The summed E-state index contributed by atoms with van der Waals surface area (Å²) in [7, 11) is 0. The number of nitrogens with one attached hydrogen (secondary N) is 1. The fourth-order valence-corrected chi connectivity index (χ4v) is 1.80. The molecule has 110 valence electrons. The van der Waals surface area contributed by atoms with Crippen molar-refractivity contribution < 1.29 is 19.2 Å². The molecule has 1 heterocycles. The van der Waals surface area contributed by atoms with Crippen molar-refractivity contribution in [3.05, 3.63) is 47.3 Å². The van der Waals surface area contributed by atoms with E-state index in [-0.39, 0.29) is 18.0 Å². The Morgan fingerprint density at radius 2 is 2.10 bits per heavy atom. The Hall–Kier alpha value is -2.63. The summed E-state index contributed by atoms with van der Waals surface area (Å²) in [4.78, 5) is 22.7. The highest BCUT2D eigenvalue weighted by Crippen LogP contribution is 2.17. The summed E-state index contributed by atoms with van der Waals surface area (Å²) in [6, 6.07) is 8.29. The van der Waals surface area contributed by atoms with Crippen LogP contribution in [0.25, 0.3) is 0 Å². The van der Waals surface area contributed by atoms with Gasteiger partial charge in [0.1, 0.15) is 5.76 Å². The number of nitrogens with zero attached hydrogens (tertiary/aromatic N) is 1. The Labute approximate surface area is 121 Å². The van der Waals surface area contributed by atoms with E-state index in [2.05, 4.69) is 10.5 Å². The van der Waals surface area contributed by atoms with Crippen LogP contribution in [-0.4, -0.2) is 22.1 Å². The normalized spacial score (nSPS) is 10.6. The van der Waals surface area contributed by atoms with Crippen LogP contribution in [0.3, 0.4) is 0 Å². The zero-order valence-corrected chi connectivity index (χ0v) is 11.8. The second-order valence-corrected chi connectivity index (χ2v) is 4.99. The number of aliphatic carboxylic acids is 1. The standard InChI is InChI=1S/C15H16N2O4/c1-9(2)13-8-12(17-21-13)15(20)16-11-5-3-4-10(6-11)7-14(18)19/h3-6,8-9H,7H2,1-2H3,(H,16,20)(H,18,19). The highest BCUT2D eigenvalue weighted by atomic mass is 16.5. The quantitative estimate of drug-likeness (QED) is 0.882. The van der Waals surface area contributed by atoms with Gasteiger partial charge in [0, 0.05) is 17.7 Å². The first kappa shape index (κ1) is 14.8. The number of carbonyl (C=O) groups is 2. The third kappa shape index (κ3) is 3.92. The molecule has 2 rings (SSSR count). The molecule has 1 amide bonds. The minimum atomic E-state index is -0.920. The van der Waals surface area contributed by atoms with Gasteiger partial charge >= 0.3 is 5.97 Å². The van der Waals surface area contributed by atoms with Gasteiger partial charge in [-0.1, -0.05) is 31.1 Å². The summed E-state index contributed by atoms with van der Waals surface area (Å²) in [6.45, 7) is 3.88. The number of anilines is 1. The predicted octanol–water partition coefficient (Wildman–Crippen LogP) is 2.68. The summed E-state index contributed by atoms with van der Waals surface area (Å²) < 4.78 is 5.07. The first-order chi connectivity index (χ1) is 9.95. The zero-order chi connectivity index (χ0) is 15.4. The van der Waals surface area contributed by atoms with E-state index in [1.807, 2.05) is 13.8 Å². The number of hydrogen-bond donors (Lipinski definition) is 2. The number of hydrogen-bond acceptors (Lipinski definition) is 4. The zero-order valence-electron chi connectivity index (χ0n) is 11.8. The van der Waals surface area contributed by atoms with Gasteiger partial charge in [0.25, 0.3) is 5.91 Å². The number of carboxylic acids is 1. The number of benzene rings is 1. The van der Waals surface area contributed by atoms with Crippen LogP contribution in [0, 0.1) is 0 Å². The molecular formula is C15H16N2O4. The fourth-order valence-electron chi connectivity index (χ4n) is 1.80. The number of rotatable bonds is 5. The molecule has 0 spiro atoms. The lowest BCUT2D eigenvalue weighted by Gasteiger charge is -2.04. The van der Waals surface area contributed by atoms with Crippen LogP contribution >= 0.6 is 0 Å². The lowest BCUT2D eigenvalue weighted by atomic mass is 10.1. The van der Waals surface area contributed by atoms with Crippen molar-refractivity contribution in [3.63, 3.8) is 0 Å². The maximum absolute atomic E-state index is 12.0. The Bertz CT molecular complexity index is 661. The molecular weight excluding hydrogens is 272 g/mol. The largest absolute Gasteiger partial charge is 0.481 e. The smallest absolute Gasteiger partial charge is 0.307 e. The van der Waals surface area contributed by atoms with Gasteiger partial charge in [-0.05, 0) is 17.7 Å². The van der Waals surface area contributed by atoms with E-state index in [1.54, 1.807) is 30.3 Å². The monoisotopic (exact) mass is 288 g/mol. The molecule has 1 aromatic carbocycles. The minimum Gasteiger partial charge on any atom is -0.481 e. The lowest BCUT2D eigenvalue weighted by molar-refractivity contribution is -0.136. The van der Waals surface area contributed by atoms with Gasteiger partial charge in [0.15, 0.2) is 5.69 Å². The van der Waals surface area contributed by atoms with E-state index in [0.29, 0.717) is 17.0 Å². The van der Waals surface area contributed by atoms with Crippen LogP contribution in [-0.2, 0) is 11.2 Å². The van der Waals surface area contributed by atoms with Crippen LogP contribution in [0.2, 0.25) is 0 Å². The highest BCUT2D eigenvalue weighted by molar-refractivity contribution is 6.02. The lowest BCUT2D eigenvalue weighted by Crippen LogP contribution is -2.12. The Morgan fingerprint density at radius 3 is 2.71 bits per heavy atom. The third-order valence-electron chi connectivity index (χ3n) is 2.87. The van der Waals surface area contributed by atoms with Crippen LogP contribution in [0.4, 0.5) is 5.69 Å². The molecule has 2 aromatic rings. The molecule has 0 saturated carbocycles. The summed E-state index contributed by atoms with van der Waals surface area (Å²) in [5, 5.41) is 15.2. The molecule has 6 heteroatoms. The van der Waals surface area contributed by atoms with E-state index in [9.17, 15) is 9.59 Å². The molecule has 0 atom stereocenters. The van der Waals surface area contributed by atoms with E-state index < -0.39 is 11.9 Å². The molecule has 21 heavy (non-hydrogen) atoms. The van der Waals surface area contributed by atoms with Crippen molar-refractivity contribution in [2.45, 2.75) is 26.2 Å². The summed E-state index contributed by atoms with van der Waals surface area (Å²) in [5.41, 5.74) is 1.33. The summed E-state index contributed by atoms with van der Waals surface area (Å²) in [6.07, 6.45) is -0.0921. The first-order valence-corrected chi connectivity index (χ1v) is 6.54. The van der Waals surface area contributed by atoms with E-state index in [0.717, 1.165) is 0 Å². The summed E-state index contributed by atoms with van der Waals surface area (Å²) >= 11 is 0. The average molecular weight is 288 g/mol. The average Bonchev–Trinajstić information content (AvgIpc) is 2.88. The van der Waals surface area contributed by atoms with Crippen molar-refractivity contribution >= 4 is 17.6 Å². The van der Waals surface area contributed by atoms with Gasteiger partial charge in [-0.15, -0.1) is 0 Å². The van der Waals surface area contributed by atoms with Crippen molar-refractivity contribution in [2.24, 2.45) is 0 Å². The Kier molecular flexibility index (Phi) is 4.37. The van der Waals surface area contributed by atoms with Crippen molar-refractivity contribution in [3.8, 4) is 0 Å². The van der Waals surface area contributed by atoms with E-state index >= 15 is 0 Å². The summed E-state index contributed by atoms with van der Waals surface area (Å²) in [5.74, 6) is -0.521. The van der Waals surface area contributed by atoms with Crippen LogP contribution in [0.1, 0.15) is 41.6 Å². The van der Waals surface area contributed by atoms with Crippen LogP contribution in [0.5, 0.6) is 0 Å². The number of amides is 1. The molecule has 0 aliphatic carbocycles. The van der Waals surface area contributed by atoms with Gasteiger partial charge < -0.3 is 14.9 Å². The van der Waals surface area contributed by atoms with Gasteiger partial charge in [-0.3, -0.25) is 9.59 Å². The molecule has 0 unspecified atom stereocenters. The van der Waals surface area contributed by atoms with Gasteiger partial charge in [0.05, 0.1) is 6.42 Å². The molecule has 1 aromatic heterocycles. The Balaban J connectivity index is 2.09. The van der Waals surface area contributed by atoms with Gasteiger partial charge in [-0.2, -0.15) is 0 Å². The maximum Gasteiger partial charge on any atom is 0.307 e. The maximum atomic E-state index is 12.0.